The summed E-state index contributed by atoms with van der Waals surface area (Å²) in [5, 5.41) is 0. The largest absolute Gasteiger partial charge is 0.435 e. The molecular formula is C22H23F2NO3. The first-order chi connectivity index (χ1) is 13.3. The monoisotopic (exact) mass is 387 g/mol. The number of halogens is 2. The molecule has 0 unspecified atom stereocenters. The molecule has 1 fully saturated rings. The number of rotatable bonds is 5. The van der Waals surface area contributed by atoms with E-state index in [2.05, 4.69) is 4.74 Å². The molecular weight excluding hydrogens is 364 g/mol. The van der Waals surface area contributed by atoms with Gasteiger partial charge in [0.15, 0.2) is 5.78 Å². The van der Waals surface area contributed by atoms with Crippen molar-refractivity contribution in [2.45, 2.75) is 33.3 Å². The van der Waals surface area contributed by atoms with Crippen molar-refractivity contribution in [3.8, 4) is 5.75 Å². The Morgan fingerprint density at radius 3 is 2.43 bits per heavy atom. The van der Waals surface area contributed by atoms with Crippen LogP contribution in [0.3, 0.4) is 0 Å². The van der Waals surface area contributed by atoms with Crippen LogP contribution >= 0.6 is 0 Å². The van der Waals surface area contributed by atoms with Crippen LogP contribution in [0, 0.1) is 19.8 Å². The van der Waals surface area contributed by atoms with E-state index < -0.39 is 6.61 Å². The summed E-state index contributed by atoms with van der Waals surface area (Å²) in [6.07, 6.45) is 1.18. The average molecular weight is 387 g/mol. The van der Waals surface area contributed by atoms with E-state index in [9.17, 15) is 18.4 Å². The molecule has 0 spiro atoms. The molecule has 148 valence electrons. The highest BCUT2D eigenvalue weighted by molar-refractivity contribution is 5.99. The molecule has 1 saturated heterocycles. The SMILES string of the molecule is Cc1ccc(C(=O)C2CCN(C(=O)c3cccc(OC(F)F)c3)CC2)c(C)c1. The molecule has 0 saturated carbocycles. The van der Waals surface area contributed by atoms with Gasteiger partial charge in [0.1, 0.15) is 5.75 Å². The highest BCUT2D eigenvalue weighted by Gasteiger charge is 2.29. The highest BCUT2D eigenvalue weighted by Crippen LogP contribution is 2.25. The van der Waals surface area contributed by atoms with E-state index in [4.69, 9.17) is 0 Å². The fourth-order valence-electron chi connectivity index (χ4n) is 3.64. The van der Waals surface area contributed by atoms with Gasteiger partial charge in [0.2, 0.25) is 0 Å². The lowest BCUT2D eigenvalue weighted by molar-refractivity contribution is -0.0499. The number of ketones is 1. The van der Waals surface area contributed by atoms with Crippen LogP contribution in [0.4, 0.5) is 8.78 Å². The van der Waals surface area contributed by atoms with Crippen molar-refractivity contribution < 1.29 is 23.1 Å². The number of amides is 1. The number of likely N-dealkylation sites (tertiary alicyclic amines) is 1. The van der Waals surface area contributed by atoms with Crippen molar-refractivity contribution in [2.24, 2.45) is 5.92 Å². The maximum atomic E-state index is 12.8. The van der Waals surface area contributed by atoms with Crippen LogP contribution in [-0.2, 0) is 0 Å². The number of Topliss-reactive ketones (excluding diaryl/α,β-unsaturated/α-hetero) is 1. The molecule has 1 aliphatic heterocycles. The van der Waals surface area contributed by atoms with E-state index in [1.54, 1.807) is 11.0 Å². The Balaban J connectivity index is 1.63. The quantitative estimate of drug-likeness (QED) is 0.702. The zero-order valence-electron chi connectivity index (χ0n) is 16.0. The van der Waals surface area contributed by atoms with E-state index >= 15 is 0 Å². The minimum Gasteiger partial charge on any atom is -0.435 e. The second kappa shape index (κ2) is 8.50. The van der Waals surface area contributed by atoms with E-state index in [1.807, 2.05) is 32.0 Å². The maximum Gasteiger partial charge on any atom is 0.387 e. The number of piperidine rings is 1. The molecule has 1 aliphatic rings. The predicted octanol–water partition coefficient (Wildman–Crippen LogP) is 4.64. The lowest BCUT2D eigenvalue weighted by Crippen LogP contribution is -2.40. The number of hydrogen-bond acceptors (Lipinski definition) is 3. The standard InChI is InChI=1S/C22H23F2NO3/c1-14-6-7-19(15(2)12-14)20(26)16-8-10-25(11-9-16)21(27)17-4-3-5-18(13-17)28-22(23)24/h3-7,12-13,16,22H,8-11H2,1-2H3. The second-order valence-corrected chi connectivity index (χ2v) is 7.16. The van der Waals surface area contributed by atoms with E-state index in [-0.39, 0.29) is 23.4 Å². The topological polar surface area (TPSA) is 46.6 Å². The average Bonchev–Trinajstić information content (AvgIpc) is 2.67. The third-order valence-corrected chi connectivity index (χ3v) is 5.11. The van der Waals surface area contributed by atoms with Gasteiger partial charge in [0, 0.05) is 30.1 Å². The van der Waals surface area contributed by atoms with Gasteiger partial charge in [-0.1, -0.05) is 29.8 Å². The van der Waals surface area contributed by atoms with Gasteiger partial charge in [-0.3, -0.25) is 9.59 Å². The van der Waals surface area contributed by atoms with Crippen molar-refractivity contribution in [1.29, 1.82) is 0 Å². The molecule has 1 amide bonds. The molecule has 4 nitrogen and oxygen atoms in total. The summed E-state index contributed by atoms with van der Waals surface area (Å²) in [6.45, 7) is 1.91. The summed E-state index contributed by atoms with van der Waals surface area (Å²) in [6, 6.07) is 11.6. The Labute approximate surface area is 163 Å². The molecule has 6 heteroatoms. The molecule has 0 radical (unpaired) electrons. The summed E-state index contributed by atoms with van der Waals surface area (Å²) < 4.78 is 29.1. The van der Waals surface area contributed by atoms with E-state index in [0.29, 0.717) is 31.5 Å². The molecule has 2 aromatic rings. The molecule has 28 heavy (non-hydrogen) atoms. The van der Waals surface area contributed by atoms with Gasteiger partial charge in [-0.2, -0.15) is 8.78 Å². The Bertz CT molecular complexity index is 874. The van der Waals surface area contributed by atoms with Crippen molar-refractivity contribution in [2.75, 3.05) is 13.1 Å². The minimum absolute atomic E-state index is 0.0410. The third-order valence-electron chi connectivity index (χ3n) is 5.11. The summed E-state index contributed by atoms with van der Waals surface area (Å²) in [7, 11) is 0. The Hall–Kier alpha value is -2.76. The van der Waals surface area contributed by atoms with Crippen LogP contribution in [-0.4, -0.2) is 36.3 Å². The number of benzene rings is 2. The summed E-state index contributed by atoms with van der Waals surface area (Å²) in [5.41, 5.74) is 3.14. The van der Waals surface area contributed by atoms with Crippen molar-refractivity contribution >= 4 is 11.7 Å². The first-order valence-corrected chi connectivity index (χ1v) is 9.31. The fraction of sp³-hybridized carbons (Fsp3) is 0.364. The second-order valence-electron chi connectivity index (χ2n) is 7.16. The number of ether oxygens (including phenoxy) is 1. The van der Waals surface area contributed by atoms with Crippen molar-refractivity contribution in [1.82, 2.24) is 4.90 Å². The molecule has 0 N–H and O–H groups in total. The van der Waals surface area contributed by atoms with Gasteiger partial charge < -0.3 is 9.64 Å². The lowest BCUT2D eigenvalue weighted by atomic mass is 9.87. The summed E-state index contributed by atoms with van der Waals surface area (Å²) >= 11 is 0. The number of aryl methyl sites for hydroxylation is 2. The zero-order valence-corrected chi connectivity index (χ0v) is 16.0. The first kappa shape index (κ1) is 20.0. The minimum atomic E-state index is -2.93. The molecule has 1 heterocycles. The van der Waals surface area contributed by atoms with E-state index in [1.165, 1.54) is 18.2 Å². The van der Waals surface area contributed by atoms with Crippen LogP contribution in [0.2, 0.25) is 0 Å². The van der Waals surface area contributed by atoms with Crippen molar-refractivity contribution in [3.63, 3.8) is 0 Å². The van der Waals surface area contributed by atoms with Crippen LogP contribution < -0.4 is 4.74 Å². The van der Waals surface area contributed by atoms with Gasteiger partial charge in [-0.25, -0.2) is 0 Å². The van der Waals surface area contributed by atoms with E-state index in [0.717, 1.165) is 16.7 Å². The van der Waals surface area contributed by atoms with Gasteiger partial charge in [0.05, 0.1) is 0 Å². The zero-order chi connectivity index (χ0) is 20.3. The Morgan fingerprint density at radius 1 is 1.07 bits per heavy atom. The van der Waals surface area contributed by atoms with Crippen LogP contribution in [0.15, 0.2) is 42.5 Å². The number of carbonyl (C=O) groups is 2. The molecule has 0 aliphatic carbocycles. The smallest absolute Gasteiger partial charge is 0.387 e. The molecule has 0 aromatic heterocycles. The first-order valence-electron chi connectivity index (χ1n) is 9.31. The summed E-state index contributed by atoms with van der Waals surface area (Å²) in [5.74, 6) is -0.270. The van der Waals surface area contributed by atoms with Gasteiger partial charge in [0.25, 0.3) is 5.91 Å². The normalized spacial score (nSPS) is 15.0. The number of hydrogen-bond donors (Lipinski definition) is 0. The maximum absolute atomic E-state index is 12.8. The summed E-state index contributed by atoms with van der Waals surface area (Å²) in [4.78, 5) is 27.2. The van der Waals surface area contributed by atoms with Crippen LogP contribution in [0.5, 0.6) is 5.75 Å². The van der Waals surface area contributed by atoms with Crippen molar-refractivity contribution in [3.05, 3.63) is 64.7 Å². The molecule has 0 bridgehead atoms. The third kappa shape index (κ3) is 4.55. The van der Waals surface area contributed by atoms with Gasteiger partial charge in [-0.15, -0.1) is 0 Å². The van der Waals surface area contributed by atoms with Gasteiger partial charge in [-0.05, 0) is 50.5 Å². The number of nitrogens with zero attached hydrogens (tertiary/aromatic N) is 1. The molecule has 3 rings (SSSR count). The molecule has 0 atom stereocenters. The molecule has 2 aromatic carbocycles. The Kier molecular flexibility index (Phi) is 6.07. The number of alkyl halides is 2. The fourth-order valence-corrected chi connectivity index (χ4v) is 3.64. The van der Waals surface area contributed by atoms with Crippen LogP contribution in [0.25, 0.3) is 0 Å². The number of carbonyl (C=O) groups excluding carboxylic acids is 2. The van der Waals surface area contributed by atoms with Crippen LogP contribution in [0.1, 0.15) is 44.7 Å². The lowest BCUT2D eigenvalue weighted by Gasteiger charge is -2.31. The Morgan fingerprint density at radius 2 is 1.79 bits per heavy atom. The van der Waals surface area contributed by atoms with Gasteiger partial charge >= 0.3 is 6.61 Å². The highest BCUT2D eigenvalue weighted by atomic mass is 19.3. The predicted molar refractivity (Wildman–Crippen MR) is 102 cm³/mol.